The Morgan fingerprint density at radius 1 is 0.957 bits per heavy atom. The number of methoxy groups -OCH3 is 1. The van der Waals surface area contributed by atoms with Crippen molar-refractivity contribution in [3.05, 3.63) is 65.2 Å². The highest BCUT2D eigenvalue weighted by Gasteiger charge is 2.24. The molecule has 0 radical (unpaired) electrons. The van der Waals surface area contributed by atoms with Gasteiger partial charge in [-0.1, -0.05) is 30.7 Å². The highest BCUT2D eigenvalue weighted by molar-refractivity contribution is 5.89. The number of phenols is 1. The molecule has 3 heteroatoms. The number of esters is 1. The summed E-state index contributed by atoms with van der Waals surface area (Å²) in [6.07, 6.45) is 4.70. The molecular formula is C20H22O3. The third kappa shape index (κ3) is 3.55. The Bertz CT molecular complexity index is 658. The second kappa shape index (κ2) is 6.86. The Morgan fingerprint density at radius 2 is 1.48 bits per heavy atom. The standard InChI is InChI=1S/C20H22O3/c1-23-20(22)16-7-5-14(6-8-16)17-3-2-4-18(13-17)15-9-11-19(21)12-10-15/h5-12,17-18,21H,2-4,13H2,1H3. The Hall–Kier alpha value is -2.29. The van der Waals surface area contributed by atoms with Crippen LogP contribution in [0.1, 0.15) is 59.0 Å². The molecule has 1 saturated carbocycles. The summed E-state index contributed by atoms with van der Waals surface area (Å²) in [6.45, 7) is 0. The Morgan fingerprint density at radius 3 is 2.00 bits per heavy atom. The average Bonchev–Trinajstić information content (AvgIpc) is 2.62. The van der Waals surface area contributed by atoms with E-state index in [0.29, 0.717) is 23.1 Å². The molecule has 0 aliphatic heterocycles. The maximum absolute atomic E-state index is 11.5. The van der Waals surface area contributed by atoms with E-state index < -0.39 is 0 Å². The van der Waals surface area contributed by atoms with E-state index in [1.165, 1.54) is 37.5 Å². The SMILES string of the molecule is COC(=O)c1ccc(C2CCCC(c3ccc(O)cc3)C2)cc1. The van der Waals surface area contributed by atoms with E-state index in [-0.39, 0.29) is 5.97 Å². The zero-order valence-electron chi connectivity index (χ0n) is 13.4. The van der Waals surface area contributed by atoms with Crippen molar-refractivity contribution in [2.45, 2.75) is 37.5 Å². The second-order valence-electron chi connectivity index (χ2n) is 6.27. The zero-order chi connectivity index (χ0) is 16.2. The molecule has 3 nitrogen and oxygen atoms in total. The molecule has 2 atom stereocenters. The molecular weight excluding hydrogens is 288 g/mol. The van der Waals surface area contributed by atoms with Crippen molar-refractivity contribution < 1.29 is 14.6 Å². The van der Waals surface area contributed by atoms with E-state index >= 15 is 0 Å². The smallest absolute Gasteiger partial charge is 0.337 e. The fourth-order valence-electron chi connectivity index (χ4n) is 3.55. The predicted octanol–water partition coefficient (Wildman–Crippen LogP) is 4.62. The summed E-state index contributed by atoms with van der Waals surface area (Å²) in [6, 6.07) is 15.4. The number of phenolic OH excluding ortho intramolecular Hbond substituents is 1. The first-order chi connectivity index (χ1) is 11.2. The van der Waals surface area contributed by atoms with Gasteiger partial charge in [0.2, 0.25) is 0 Å². The van der Waals surface area contributed by atoms with Gasteiger partial charge < -0.3 is 9.84 Å². The second-order valence-corrected chi connectivity index (χ2v) is 6.27. The van der Waals surface area contributed by atoms with Crippen LogP contribution in [0.4, 0.5) is 0 Å². The normalized spacial score (nSPS) is 20.9. The molecule has 1 N–H and O–H groups in total. The van der Waals surface area contributed by atoms with E-state index in [4.69, 9.17) is 4.74 Å². The van der Waals surface area contributed by atoms with Crippen LogP contribution in [0.2, 0.25) is 0 Å². The monoisotopic (exact) mass is 310 g/mol. The first-order valence-corrected chi connectivity index (χ1v) is 8.14. The molecule has 2 unspecified atom stereocenters. The van der Waals surface area contributed by atoms with Crippen molar-refractivity contribution in [1.29, 1.82) is 0 Å². The molecule has 0 heterocycles. The summed E-state index contributed by atoms with van der Waals surface area (Å²) in [5.41, 5.74) is 3.20. The first kappa shape index (κ1) is 15.6. The predicted molar refractivity (Wildman–Crippen MR) is 89.8 cm³/mol. The lowest BCUT2D eigenvalue weighted by Gasteiger charge is -2.30. The van der Waals surface area contributed by atoms with Crippen molar-refractivity contribution in [3.63, 3.8) is 0 Å². The Labute approximate surface area is 136 Å². The summed E-state index contributed by atoms with van der Waals surface area (Å²) >= 11 is 0. The van der Waals surface area contributed by atoms with Gasteiger partial charge in [0.1, 0.15) is 5.75 Å². The van der Waals surface area contributed by atoms with E-state index in [2.05, 4.69) is 12.1 Å². The van der Waals surface area contributed by atoms with E-state index in [1.54, 1.807) is 12.1 Å². The molecule has 23 heavy (non-hydrogen) atoms. The van der Waals surface area contributed by atoms with Crippen LogP contribution in [0, 0.1) is 0 Å². The van der Waals surface area contributed by atoms with E-state index in [1.807, 2.05) is 24.3 Å². The van der Waals surface area contributed by atoms with Crippen molar-refractivity contribution in [2.75, 3.05) is 7.11 Å². The van der Waals surface area contributed by atoms with Crippen LogP contribution in [-0.4, -0.2) is 18.2 Å². The van der Waals surface area contributed by atoms with Gasteiger partial charge in [-0.3, -0.25) is 0 Å². The number of benzene rings is 2. The number of carbonyl (C=O) groups excluding carboxylic acids is 1. The van der Waals surface area contributed by atoms with Gasteiger partial charge in [-0.15, -0.1) is 0 Å². The van der Waals surface area contributed by atoms with Crippen LogP contribution in [-0.2, 0) is 4.74 Å². The maximum Gasteiger partial charge on any atom is 0.337 e. The van der Waals surface area contributed by atoms with Crippen molar-refractivity contribution in [3.8, 4) is 5.75 Å². The molecule has 3 rings (SSSR count). The van der Waals surface area contributed by atoms with Crippen LogP contribution < -0.4 is 0 Å². The largest absolute Gasteiger partial charge is 0.508 e. The van der Waals surface area contributed by atoms with Crippen molar-refractivity contribution in [1.82, 2.24) is 0 Å². The molecule has 0 amide bonds. The molecule has 0 saturated heterocycles. The van der Waals surface area contributed by atoms with Gasteiger partial charge in [0.15, 0.2) is 0 Å². The summed E-state index contributed by atoms with van der Waals surface area (Å²) in [4.78, 5) is 11.5. The third-order valence-electron chi connectivity index (χ3n) is 4.84. The van der Waals surface area contributed by atoms with Gasteiger partial charge in [0.25, 0.3) is 0 Å². The van der Waals surface area contributed by atoms with Crippen LogP contribution in [0.25, 0.3) is 0 Å². The summed E-state index contributed by atoms with van der Waals surface area (Å²) in [5, 5.41) is 9.44. The summed E-state index contributed by atoms with van der Waals surface area (Å²) < 4.78 is 4.75. The first-order valence-electron chi connectivity index (χ1n) is 8.14. The average molecular weight is 310 g/mol. The minimum atomic E-state index is -0.290. The van der Waals surface area contributed by atoms with Crippen molar-refractivity contribution in [2.24, 2.45) is 0 Å². The number of ether oxygens (including phenoxy) is 1. The van der Waals surface area contributed by atoms with Crippen LogP contribution in [0.5, 0.6) is 5.75 Å². The molecule has 1 aliphatic carbocycles. The minimum absolute atomic E-state index is 0.290. The highest BCUT2D eigenvalue weighted by Crippen LogP contribution is 2.41. The molecule has 0 spiro atoms. The van der Waals surface area contributed by atoms with Gasteiger partial charge in [-0.2, -0.15) is 0 Å². The number of hydrogen-bond donors (Lipinski definition) is 1. The molecule has 1 fully saturated rings. The topological polar surface area (TPSA) is 46.5 Å². The number of carbonyl (C=O) groups is 1. The molecule has 0 aromatic heterocycles. The molecule has 2 aromatic rings. The van der Waals surface area contributed by atoms with Crippen molar-refractivity contribution >= 4 is 5.97 Å². The highest BCUT2D eigenvalue weighted by atomic mass is 16.5. The van der Waals surface area contributed by atoms with Gasteiger partial charge in [0.05, 0.1) is 12.7 Å². The lowest BCUT2D eigenvalue weighted by atomic mass is 9.75. The zero-order valence-corrected chi connectivity index (χ0v) is 13.4. The lowest BCUT2D eigenvalue weighted by molar-refractivity contribution is 0.0600. The summed E-state index contributed by atoms with van der Waals surface area (Å²) in [5.74, 6) is 1.09. The molecule has 1 aliphatic rings. The number of aromatic hydroxyl groups is 1. The van der Waals surface area contributed by atoms with Gasteiger partial charge in [-0.05, 0) is 66.5 Å². The molecule has 120 valence electrons. The van der Waals surface area contributed by atoms with Crippen LogP contribution >= 0.6 is 0 Å². The Kier molecular flexibility index (Phi) is 4.65. The maximum atomic E-state index is 11.5. The lowest BCUT2D eigenvalue weighted by Crippen LogP contribution is -2.13. The minimum Gasteiger partial charge on any atom is -0.508 e. The number of rotatable bonds is 3. The van der Waals surface area contributed by atoms with E-state index in [0.717, 1.165) is 6.42 Å². The summed E-state index contributed by atoms with van der Waals surface area (Å²) in [7, 11) is 1.40. The Balaban J connectivity index is 1.73. The van der Waals surface area contributed by atoms with Gasteiger partial charge in [-0.25, -0.2) is 4.79 Å². The van der Waals surface area contributed by atoms with Gasteiger partial charge >= 0.3 is 5.97 Å². The number of hydrogen-bond acceptors (Lipinski definition) is 3. The van der Waals surface area contributed by atoms with E-state index in [9.17, 15) is 9.90 Å². The van der Waals surface area contributed by atoms with Gasteiger partial charge in [0, 0.05) is 0 Å². The molecule has 0 bridgehead atoms. The quantitative estimate of drug-likeness (QED) is 0.841. The van der Waals surface area contributed by atoms with Crippen LogP contribution in [0.15, 0.2) is 48.5 Å². The molecule has 2 aromatic carbocycles. The van der Waals surface area contributed by atoms with Crippen LogP contribution in [0.3, 0.4) is 0 Å². The fourth-order valence-corrected chi connectivity index (χ4v) is 3.55. The fraction of sp³-hybridized carbons (Fsp3) is 0.350. The third-order valence-corrected chi connectivity index (χ3v) is 4.84.